The summed E-state index contributed by atoms with van der Waals surface area (Å²) in [6, 6.07) is 9.72. The zero-order valence-electron chi connectivity index (χ0n) is 14.2. The fourth-order valence-electron chi connectivity index (χ4n) is 3.06. The Morgan fingerprint density at radius 2 is 1.96 bits per heavy atom. The van der Waals surface area contributed by atoms with Crippen LogP contribution in [-0.4, -0.2) is 30.1 Å². The van der Waals surface area contributed by atoms with Gasteiger partial charge in [0, 0.05) is 30.5 Å². The SMILES string of the molecule is O=C(NCCCOC1CCCC1)c1ccc(-c2ncccc2F)cc1. The molecule has 2 aromatic rings. The van der Waals surface area contributed by atoms with E-state index in [2.05, 4.69) is 10.3 Å². The Kier molecular flexibility index (Phi) is 6.12. The number of carbonyl (C=O) groups is 1. The van der Waals surface area contributed by atoms with Gasteiger partial charge < -0.3 is 10.1 Å². The topological polar surface area (TPSA) is 51.2 Å². The predicted octanol–water partition coefficient (Wildman–Crippen LogP) is 3.97. The van der Waals surface area contributed by atoms with Crippen LogP contribution in [0, 0.1) is 5.82 Å². The number of nitrogens with one attached hydrogen (secondary N) is 1. The Balaban J connectivity index is 1.45. The molecule has 25 heavy (non-hydrogen) atoms. The molecule has 4 nitrogen and oxygen atoms in total. The Bertz CT molecular complexity index is 697. The van der Waals surface area contributed by atoms with Gasteiger partial charge in [-0.25, -0.2) is 4.39 Å². The quantitative estimate of drug-likeness (QED) is 0.775. The van der Waals surface area contributed by atoms with Crippen LogP contribution >= 0.6 is 0 Å². The molecule has 1 amide bonds. The second-order valence-corrected chi connectivity index (χ2v) is 6.30. The molecular formula is C20H23FN2O2. The van der Waals surface area contributed by atoms with Crippen molar-refractivity contribution < 1.29 is 13.9 Å². The molecule has 1 saturated carbocycles. The lowest BCUT2D eigenvalue weighted by atomic mass is 10.1. The van der Waals surface area contributed by atoms with Crippen LogP contribution in [0.3, 0.4) is 0 Å². The number of pyridine rings is 1. The van der Waals surface area contributed by atoms with Crippen molar-refractivity contribution in [3.63, 3.8) is 0 Å². The summed E-state index contributed by atoms with van der Waals surface area (Å²) in [6.07, 6.45) is 7.62. The van der Waals surface area contributed by atoms with Crippen molar-refractivity contribution in [2.45, 2.75) is 38.2 Å². The largest absolute Gasteiger partial charge is 0.378 e. The highest BCUT2D eigenvalue weighted by molar-refractivity contribution is 5.94. The van der Waals surface area contributed by atoms with Gasteiger partial charge in [-0.15, -0.1) is 0 Å². The van der Waals surface area contributed by atoms with Crippen molar-refractivity contribution in [1.82, 2.24) is 10.3 Å². The molecule has 0 unspecified atom stereocenters. The average molecular weight is 342 g/mol. The van der Waals surface area contributed by atoms with Gasteiger partial charge in [0.15, 0.2) is 0 Å². The summed E-state index contributed by atoms with van der Waals surface area (Å²) in [5.74, 6) is -0.504. The number of amides is 1. The fourth-order valence-corrected chi connectivity index (χ4v) is 3.06. The lowest BCUT2D eigenvalue weighted by Crippen LogP contribution is -2.25. The third kappa shape index (κ3) is 4.86. The lowest BCUT2D eigenvalue weighted by Gasteiger charge is -2.11. The van der Waals surface area contributed by atoms with Crippen molar-refractivity contribution in [3.8, 4) is 11.3 Å². The van der Waals surface area contributed by atoms with E-state index in [4.69, 9.17) is 4.74 Å². The number of hydrogen-bond acceptors (Lipinski definition) is 3. The molecule has 1 N–H and O–H groups in total. The number of hydrogen-bond donors (Lipinski definition) is 1. The molecule has 1 aliphatic carbocycles. The summed E-state index contributed by atoms with van der Waals surface area (Å²) in [7, 11) is 0. The lowest BCUT2D eigenvalue weighted by molar-refractivity contribution is 0.0565. The van der Waals surface area contributed by atoms with Gasteiger partial charge in [0.1, 0.15) is 11.5 Å². The Morgan fingerprint density at radius 3 is 2.68 bits per heavy atom. The minimum atomic E-state index is -0.373. The molecule has 1 heterocycles. The zero-order chi connectivity index (χ0) is 17.5. The van der Waals surface area contributed by atoms with Crippen LogP contribution in [0.5, 0.6) is 0 Å². The molecule has 5 heteroatoms. The number of aromatic nitrogens is 1. The van der Waals surface area contributed by atoms with Crippen LogP contribution < -0.4 is 5.32 Å². The van der Waals surface area contributed by atoms with E-state index < -0.39 is 0 Å². The number of halogens is 1. The number of nitrogens with zero attached hydrogens (tertiary/aromatic N) is 1. The maximum atomic E-state index is 13.7. The summed E-state index contributed by atoms with van der Waals surface area (Å²) >= 11 is 0. The van der Waals surface area contributed by atoms with E-state index in [1.165, 1.54) is 18.9 Å². The van der Waals surface area contributed by atoms with Crippen LogP contribution in [0.1, 0.15) is 42.5 Å². The van der Waals surface area contributed by atoms with Crippen LogP contribution in [0.2, 0.25) is 0 Å². The number of ether oxygens (including phenoxy) is 1. The van der Waals surface area contributed by atoms with Crippen molar-refractivity contribution in [1.29, 1.82) is 0 Å². The molecule has 132 valence electrons. The maximum Gasteiger partial charge on any atom is 0.251 e. The molecule has 1 fully saturated rings. The summed E-state index contributed by atoms with van der Waals surface area (Å²) in [4.78, 5) is 16.2. The van der Waals surface area contributed by atoms with Crippen molar-refractivity contribution in [2.24, 2.45) is 0 Å². The standard InChI is InChI=1S/C20H23FN2O2/c21-18-7-3-12-22-19(18)15-8-10-16(11-9-15)20(24)23-13-4-14-25-17-5-1-2-6-17/h3,7-12,17H,1-2,4-6,13-14H2,(H,23,24). The summed E-state index contributed by atoms with van der Waals surface area (Å²) in [5, 5.41) is 2.89. The molecule has 0 atom stereocenters. The van der Waals surface area contributed by atoms with E-state index in [1.54, 1.807) is 36.5 Å². The van der Waals surface area contributed by atoms with Gasteiger partial charge in [-0.2, -0.15) is 0 Å². The van der Waals surface area contributed by atoms with Gasteiger partial charge in [-0.05, 0) is 43.5 Å². The van der Waals surface area contributed by atoms with Crippen LogP contribution in [0.4, 0.5) is 4.39 Å². The normalized spacial score (nSPS) is 14.6. The Morgan fingerprint density at radius 1 is 1.20 bits per heavy atom. The number of benzene rings is 1. The molecule has 1 aliphatic rings. The highest BCUT2D eigenvalue weighted by atomic mass is 19.1. The van der Waals surface area contributed by atoms with E-state index in [0.717, 1.165) is 19.3 Å². The monoisotopic (exact) mass is 342 g/mol. The summed E-state index contributed by atoms with van der Waals surface area (Å²) in [5.41, 5.74) is 1.50. The zero-order valence-corrected chi connectivity index (χ0v) is 14.2. The first-order valence-corrected chi connectivity index (χ1v) is 8.85. The highest BCUT2D eigenvalue weighted by Gasteiger charge is 2.14. The van der Waals surface area contributed by atoms with E-state index in [1.807, 2.05) is 0 Å². The van der Waals surface area contributed by atoms with Crippen LogP contribution in [-0.2, 0) is 4.74 Å². The third-order valence-corrected chi connectivity index (χ3v) is 4.44. The van der Waals surface area contributed by atoms with E-state index in [0.29, 0.717) is 36.1 Å². The van der Waals surface area contributed by atoms with Crippen molar-refractivity contribution in [2.75, 3.05) is 13.2 Å². The van der Waals surface area contributed by atoms with E-state index >= 15 is 0 Å². The third-order valence-electron chi connectivity index (χ3n) is 4.44. The summed E-state index contributed by atoms with van der Waals surface area (Å²) < 4.78 is 19.5. The molecule has 0 aliphatic heterocycles. The minimum Gasteiger partial charge on any atom is -0.378 e. The number of carbonyl (C=O) groups excluding carboxylic acids is 1. The van der Waals surface area contributed by atoms with Gasteiger partial charge in [-0.1, -0.05) is 25.0 Å². The average Bonchev–Trinajstić information content (AvgIpc) is 3.15. The predicted molar refractivity (Wildman–Crippen MR) is 94.8 cm³/mol. The molecule has 0 bridgehead atoms. The maximum absolute atomic E-state index is 13.7. The van der Waals surface area contributed by atoms with Crippen molar-refractivity contribution in [3.05, 3.63) is 54.0 Å². The number of rotatable bonds is 7. The van der Waals surface area contributed by atoms with Crippen LogP contribution in [0.25, 0.3) is 11.3 Å². The van der Waals surface area contributed by atoms with Gasteiger partial charge in [0.05, 0.1) is 6.10 Å². The highest BCUT2D eigenvalue weighted by Crippen LogP contribution is 2.21. The summed E-state index contributed by atoms with van der Waals surface area (Å²) in [6.45, 7) is 1.27. The molecule has 0 spiro atoms. The Labute approximate surface area is 147 Å². The van der Waals surface area contributed by atoms with Crippen LogP contribution in [0.15, 0.2) is 42.6 Å². The second kappa shape index (κ2) is 8.72. The first kappa shape index (κ1) is 17.5. The van der Waals surface area contributed by atoms with E-state index in [-0.39, 0.29) is 11.7 Å². The fraction of sp³-hybridized carbons (Fsp3) is 0.400. The van der Waals surface area contributed by atoms with Gasteiger partial charge in [0.25, 0.3) is 5.91 Å². The van der Waals surface area contributed by atoms with Crippen molar-refractivity contribution >= 4 is 5.91 Å². The molecule has 3 rings (SSSR count). The molecule has 1 aromatic heterocycles. The van der Waals surface area contributed by atoms with Gasteiger partial charge in [-0.3, -0.25) is 9.78 Å². The molecule has 1 aromatic carbocycles. The van der Waals surface area contributed by atoms with E-state index in [9.17, 15) is 9.18 Å². The molecule has 0 radical (unpaired) electrons. The smallest absolute Gasteiger partial charge is 0.251 e. The van der Waals surface area contributed by atoms with Gasteiger partial charge >= 0.3 is 0 Å². The minimum absolute atomic E-state index is 0.131. The first-order chi connectivity index (χ1) is 12.2. The Hall–Kier alpha value is -2.27. The molecule has 0 saturated heterocycles. The second-order valence-electron chi connectivity index (χ2n) is 6.30. The van der Waals surface area contributed by atoms with Gasteiger partial charge in [0.2, 0.25) is 0 Å². The molecular weight excluding hydrogens is 319 g/mol. The first-order valence-electron chi connectivity index (χ1n) is 8.85.